The number of amides is 2. The lowest BCUT2D eigenvalue weighted by Crippen LogP contribution is -2.40. The Bertz CT molecular complexity index is 946. The van der Waals surface area contributed by atoms with Crippen molar-refractivity contribution in [3.63, 3.8) is 0 Å². The number of likely N-dealkylation sites (tertiary alicyclic amines) is 1. The third-order valence-corrected chi connectivity index (χ3v) is 6.24. The van der Waals surface area contributed by atoms with Crippen LogP contribution in [0.4, 0.5) is 5.82 Å². The van der Waals surface area contributed by atoms with Crippen LogP contribution in [0.3, 0.4) is 0 Å². The highest BCUT2D eigenvalue weighted by molar-refractivity contribution is 5.84. The van der Waals surface area contributed by atoms with Crippen LogP contribution >= 0.6 is 0 Å². The van der Waals surface area contributed by atoms with Gasteiger partial charge in [-0.15, -0.1) is 0 Å². The fourth-order valence-corrected chi connectivity index (χ4v) is 4.62. The van der Waals surface area contributed by atoms with Crippen molar-refractivity contribution in [2.45, 2.75) is 52.0 Å². The molecule has 1 aromatic carbocycles. The molecule has 1 saturated heterocycles. The number of rotatable bonds is 6. The minimum absolute atomic E-state index is 0.0267. The smallest absolute Gasteiger partial charge is 0.242 e. The maximum atomic E-state index is 12.7. The molecular weight excluding hydrogens is 390 g/mol. The highest BCUT2D eigenvalue weighted by Gasteiger charge is 2.33. The zero-order chi connectivity index (χ0) is 21.8. The maximum Gasteiger partial charge on any atom is 0.242 e. The summed E-state index contributed by atoms with van der Waals surface area (Å²) in [6, 6.07) is 10.4. The van der Waals surface area contributed by atoms with Crippen molar-refractivity contribution in [3.8, 4) is 0 Å². The number of aromatic nitrogens is 2. The standard InChI is InChI=1S/C24H31N5O2/c1-17-20-10-6-13-28(15-12-19-8-4-3-5-9-19)24(20)27-23(26-17)21-11-7-14-29(21)22(31)16-25-18(2)30/h3-5,8-9,21H,6-7,10-16H2,1-2H3,(H,25,30)/t21-/m1/s1. The average Bonchev–Trinajstić information content (AvgIpc) is 3.27. The van der Waals surface area contributed by atoms with E-state index < -0.39 is 0 Å². The minimum atomic E-state index is -0.195. The highest BCUT2D eigenvalue weighted by Crippen LogP contribution is 2.34. The number of benzene rings is 1. The molecule has 0 radical (unpaired) electrons. The van der Waals surface area contributed by atoms with Gasteiger partial charge in [0.2, 0.25) is 11.8 Å². The third kappa shape index (κ3) is 4.86. The van der Waals surface area contributed by atoms with Crippen molar-refractivity contribution in [1.29, 1.82) is 0 Å². The van der Waals surface area contributed by atoms with E-state index >= 15 is 0 Å². The number of anilines is 1. The molecule has 0 spiro atoms. The molecule has 1 atom stereocenters. The Hall–Kier alpha value is -2.96. The lowest BCUT2D eigenvalue weighted by atomic mass is 10.0. The van der Waals surface area contributed by atoms with Crippen molar-refractivity contribution in [3.05, 3.63) is 53.0 Å². The molecule has 164 valence electrons. The lowest BCUT2D eigenvalue weighted by molar-refractivity contribution is -0.133. The van der Waals surface area contributed by atoms with E-state index in [-0.39, 0.29) is 24.4 Å². The number of carbonyl (C=O) groups is 2. The second kappa shape index (κ2) is 9.45. The molecule has 1 N–H and O–H groups in total. The summed E-state index contributed by atoms with van der Waals surface area (Å²) in [5.74, 6) is 1.50. The summed E-state index contributed by atoms with van der Waals surface area (Å²) in [7, 11) is 0. The molecule has 2 aromatic rings. The zero-order valence-electron chi connectivity index (χ0n) is 18.4. The summed E-state index contributed by atoms with van der Waals surface area (Å²) in [5, 5.41) is 2.62. The van der Waals surface area contributed by atoms with Gasteiger partial charge in [-0.3, -0.25) is 9.59 Å². The Labute approximate surface area is 183 Å². The molecule has 31 heavy (non-hydrogen) atoms. The molecule has 2 aliphatic heterocycles. The molecule has 4 rings (SSSR count). The normalized spacial score (nSPS) is 18.1. The Morgan fingerprint density at radius 2 is 1.94 bits per heavy atom. The molecule has 3 heterocycles. The molecule has 0 saturated carbocycles. The van der Waals surface area contributed by atoms with Crippen LogP contribution in [0, 0.1) is 6.92 Å². The minimum Gasteiger partial charge on any atom is -0.356 e. The first-order chi connectivity index (χ1) is 15.0. The summed E-state index contributed by atoms with van der Waals surface area (Å²) in [5.41, 5.74) is 3.58. The molecule has 1 fully saturated rings. The van der Waals surface area contributed by atoms with Gasteiger partial charge in [0.1, 0.15) is 5.82 Å². The molecule has 1 aromatic heterocycles. The van der Waals surface area contributed by atoms with E-state index in [1.165, 1.54) is 18.1 Å². The van der Waals surface area contributed by atoms with Gasteiger partial charge in [-0.25, -0.2) is 9.97 Å². The van der Waals surface area contributed by atoms with Gasteiger partial charge in [0.15, 0.2) is 5.82 Å². The fraction of sp³-hybridized carbons (Fsp3) is 0.500. The molecule has 2 amide bonds. The molecule has 7 heteroatoms. The van der Waals surface area contributed by atoms with Crippen LogP contribution in [0.15, 0.2) is 30.3 Å². The van der Waals surface area contributed by atoms with E-state index in [2.05, 4.69) is 41.4 Å². The summed E-state index contributed by atoms with van der Waals surface area (Å²) in [6.45, 7) is 6.10. The van der Waals surface area contributed by atoms with E-state index in [1.54, 1.807) is 0 Å². The molecule has 2 aliphatic rings. The first kappa shape index (κ1) is 21.3. The Kier molecular flexibility index (Phi) is 6.49. The van der Waals surface area contributed by atoms with Crippen LogP contribution < -0.4 is 10.2 Å². The van der Waals surface area contributed by atoms with Gasteiger partial charge in [-0.05, 0) is 44.6 Å². The van der Waals surface area contributed by atoms with Crippen LogP contribution in [-0.2, 0) is 22.4 Å². The predicted octanol–water partition coefficient (Wildman–Crippen LogP) is 2.58. The lowest BCUT2D eigenvalue weighted by Gasteiger charge is -2.32. The van der Waals surface area contributed by atoms with Crippen molar-refractivity contribution >= 4 is 17.6 Å². The first-order valence-electron chi connectivity index (χ1n) is 11.2. The van der Waals surface area contributed by atoms with E-state index in [0.29, 0.717) is 6.54 Å². The number of nitrogens with zero attached hydrogens (tertiary/aromatic N) is 4. The van der Waals surface area contributed by atoms with Gasteiger partial charge in [0.25, 0.3) is 0 Å². The van der Waals surface area contributed by atoms with Crippen LogP contribution in [0.1, 0.15) is 54.9 Å². The largest absolute Gasteiger partial charge is 0.356 e. The molecule has 0 unspecified atom stereocenters. The van der Waals surface area contributed by atoms with Gasteiger partial charge >= 0.3 is 0 Å². The van der Waals surface area contributed by atoms with Crippen molar-refractivity contribution in [2.24, 2.45) is 0 Å². The quantitative estimate of drug-likeness (QED) is 0.776. The molecule has 7 nitrogen and oxygen atoms in total. The summed E-state index contributed by atoms with van der Waals surface area (Å²) in [4.78, 5) is 37.9. The van der Waals surface area contributed by atoms with Gasteiger partial charge in [-0.1, -0.05) is 30.3 Å². The number of aryl methyl sites for hydroxylation is 1. The second-order valence-electron chi connectivity index (χ2n) is 8.45. The van der Waals surface area contributed by atoms with Crippen LogP contribution in [0.25, 0.3) is 0 Å². The highest BCUT2D eigenvalue weighted by atomic mass is 16.2. The van der Waals surface area contributed by atoms with E-state index in [9.17, 15) is 9.59 Å². The van der Waals surface area contributed by atoms with Gasteiger partial charge in [0.05, 0.1) is 12.6 Å². The van der Waals surface area contributed by atoms with Gasteiger partial charge in [-0.2, -0.15) is 0 Å². The van der Waals surface area contributed by atoms with Crippen LogP contribution in [0.2, 0.25) is 0 Å². The third-order valence-electron chi connectivity index (χ3n) is 6.24. The van der Waals surface area contributed by atoms with Crippen molar-refractivity contribution in [2.75, 3.05) is 31.1 Å². The summed E-state index contributed by atoms with van der Waals surface area (Å²) in [6.07, 6.45) is 4.86. The average molecular weight is 422 g/mol. The van der Waals surface area contributed by atoms with Gasteiger partial charge in [0, 0.05) is 37.8 Å². The first-order valence-corrected chi connectivity index (χ1v) is 11.2. The molecular formula is C24H31N5O2. The fourth-order valence-electron chi connectivity index (χ4n) is 4.62. The van der Waals surface area contributed by atoms with E-state index in [0.717, 1.165) is 62.5 Å². The number of hydrogen-bond acceptors (Lipinski definition) is 5. The van der Waals surface area contributed by atoms with Gasteiger partial charge < -0.3 is 15.1 Å². The number of hydrogen-bond donors (Lipinski definition) is 1. The van der Waals surface area contributed by atoms with Crippen molar-refractivity contribution < 1.29 is 9.59 Å². The summed E-state index contributed by atoms with van der Waals surface area (Å²) < 4.78 is 0. The molecule has 0 bridgehead atoms. The monoisotopic (exact) mass is 421 g/mol. The number of fused-ring (bicyclic) bond motifs is 1. The summed E-state index contributed by atoms with van der Waals surface area (Å²) >= 11 is 0. The van der Waals surface area contributed by atoms with Crippen molar-refractivity contribution in [1.82, 2.24) is 20.2 Å². The Balaban J connectivity index is 1.55. The topological polar surface area (TPSA) is 78.4 Å². The van der Waals surface area contributed by atoms with Crippen LogP contribution in [0.5, 0.6) is 0 Å². The molecule has 0 aliphatic carbocycles. The van der Waals surface area contributed by atoms with E-state index in [4.69, 9.17) is 9.97 Å². The Morgan fingerprint density at radius 3 is 2.71 bits per heavy atom. The van der Waals surface area contributed by atoms with Crippen LogP contribution in [-0.4, -0.2) is 52.9 Å². The maximum absolute atomic E-state index is 12.7. The Morgan fingerprint density at radius 1 is 1.13 bits per heavy atom. The second-order valence-corrected chi connectivity index (χ2v) is 8.45. The zero-order valence-corrected chi connectivity index (χ0v) is 18.4. The SMILES string of the molecule is CC(=O)NCC(=O)N1CCC[C@@H]1c1nc(C)c2c(n1)N(CCc1ccccc1)CCC2. The number of nitrogens with one attached hydrogen (secondary N) is 1. The number of carbonyl (C=O) groups excluding carboxylic acids is 2. The van der Waals surface area contributed by atoms with E-state index in [1.807, 2.05) is 11.0 Å². The predicted molar refractivity (Wildman–Crippen MR) is 120 cm³/mol.